The highest BCUT2D eigenvalue weighted by Gasteiger charge is 2.45. The molecule has 17 heavy (non-hydrogen) atoms. The molecule has 1 unspecified atom stereocenters. The summed E-state index contributed by atoms with van der Waals surface area (Å²) >= 11 is 5.91. The van der Waals surface area contributed by atoms with E-state index in [4.69, 9.17) is 17.3 Å². The van der Waals surface area contributed by atoms with Crippen LogP contribution in [0.15, 0.2) is 24.3 Å². The third-order valence-corrected chi connectivity index (χ3v) is 3.51. The lowest BCUT2D eigenvalue weighted by atomic mass is 9.77. The molecular weight excluding hydrogens is 248 g/mol. The van der Waals surface area contributed by atoms with Crippen molar-refractivity contribution in [3.05, 3.63) is 34.9 Å². The molecule has 0 aromatic heterocycles. The molecule has 0 bridgehead atoms. The molecule has 3 N–H and O–H groups in total. The molecule has 2 nitrogen and oxygen atoms in total. The molecule has 3 atom stereocenters. The van der Waals surface area contributed by atoms with E-state index in [0.717, 1.165) is 0 Å². The van der Waals surface area contributed by atoms with E-state index in [1.807, 2.05) is 0 Å². The normalized spacial score (nSPS) is 18.8. The molecule has 1 aromatic rings. The largest absolute Gasteiger partial charge is 0.393 e. The average Bonchev–Trinajstić information content (AvgIpc) is 2.27. The lowest BCUT2D eigenvalue weighted by Gasteiger charge is -2.37. The van der Waals surface area contributed by atoms with Crippen LogP contribution in [0.25, 0.3) is 0 Å². The Morgan fingerprint density at radius 2 is 1.82 bits per heavy atom. The van der Waals surface area contributed by atoms with Gasteiger partial charge in [-0.2, -0.15) is 0 Å². The van der Waals surface area contributed by atoms with Crippen LogP contribution in [-0.2, 0) is 5.54 Å². The summed E-state index contributed by atoms with van der Waals surface area (Å²) in [5.41, 5.74) is 4.02. The van der Waals surface area contributed by atoms with E-state index in [9.17, 15) is 13.9 Å². The SMILES string of the molecule is CC(O)[C@@H](C)[C@@](N)(c1ccccc1Cl)C(F)F. The van der Waals surface area contributed by atoms with Crippen molar-refractivity contribution in [2.75, 3.05) is 0 Å². The third kappa shape index (κ3) is 2.59. The van der Waals surface area contributed by atoms with E-state index in [0.29, 0.717) is 0 Å². The van der Waals surface area contributed by atoms with E-state index >= 15 is 0 Å². The van der Waals surface area contributed by atoms with Gasteiger partial charge in [-0.1, -0.05) is 36.7 Å². The Bertz CT molecular complexity index is 387. The first-order chi connectivity index (χ1) is 7.81. The van der Waals surface area contributed by atoms with Crippen molar-refractivity contribution in [2.45, 2.75) is 31.9 Å². The monoisotopic (exact) mass is 263 g/mol. The molecule has 0 radical (unpaired) electrons. The Morgan fingerprint density at radius 1 is 1.29 bits per heavy atom. The number of halogens is 3. The Kier molecular flexibility index (Phi) is 4.47. The molecule has 0 aliphatic carbocycles. The van der Waals surface area contributed by atoms with E-state index < -0.39 is 24.0 Å². The van der Waals surface area contributed by atoms with Gasteiger partial charge < -0.3 is 10.8 Å². The van der Waals surface area contributed by atoms with Gasteiger partial charge in [0, 0.05) is 10.9 Å². The van der Waals surface area contributed by atoms with Gasteiger partial charge in [-0.3, -0.25) is 0 Å². The molecule has 1 aromatic carbocycles. The molecule has 96 valence electrons. The Hall–Kier alpha value is -0.710. The second-order valence-corrected chi connectivity index (χ2v) is 4.65. The second-order valence-electron chi connectivity index (χ2n) is 4.24. The predicted molar refractivity (Wildman–Crippen MR) is 64.2 cm³/mol. The summed E-state index contributed by atoms with van der Waals surface area (Å²) in [6.07, 6.45) is -3.77. The molecule has 1 rings (SSSR count). The minimum Gasteiger partial charge on any atom is -0.393 e. The number of aliphatic hydroxyl groups is 1. The molecule has 0 aliphatic heterocycles. The molecule has 0 fully saturated rings. The van der Waals surface area contributed by atoms with Gasteiger partial charge in [0.2, 0.25) is 0 Å². The zero-order valence-electron chi connectivity index (χ0n) is 9.70. The summed E-state index contributed by atoms with van der Waals surface area (Å²) in [5, 5.41) is 9.68. The zero-order valence-corrected chi connectivity index (χ0v) is 10.5. The third-order valence-electron chi connectivity index (χ3n) is 3.18. The van der Waals surface area contributed by atoms with Crippen molar-refractivity contribution in [3.8, 4) is 0 Å². The van der Waals surface area contributed by atoms with Crippen molar-refractivity contribution in [1.82, 2.24) is 0 Å². The minimum absolute atomic E-state index is 0.157. The van der Waals surface area contributed by atoms with Crippen LogP contribution in [0.4, 0.5) is 8.78 Å². The van der Waals surface area contributed by atoms with Crippen molar-refractivity contribution in [2.24, 2.45) is 11.7 Å². The van der Waals surface area contributed by atoms with Crippen molar-refractivity contribution in [1.29, 1.82) is 0 Å². The van der Waals surface area contributed by atoms with E-state index in [2.05, 4.69) is 0 Å². The summed E-state index contributed by atoms with van der Waals surface area (Å²) in [4.78, 5) is 0. The molecule has 0 heterocycles. The van der Waals surface area contributed by atoms with Gasteiger partial charge >= 0.3 is 0 Å². The van der Waals surface area contributed by atoms with Crippen molar-refractivity contribution >= 4 is 11.6 Å². The number of hydrogen-bond acceptors (Lipinski definition) is 2. The van der Waals surface area contributed by atoms with Gasteiger partial charge in [0.25, 0.3) is 6.43 Å². The topological polar surface area (TPSA) is 46.2 Å². The lowest BCUT2D eigenvalue weighted by Crippen LogP contribution is -2.52. The van der Waals surface area contributed by atoms with Gasteiger partial charge in [-0.05, 0) is 18.6 Å². The quantitative estimate of drug-likeness (QED) is 0.877. The highest BCUT2D eigenvalue weighted by Crippen LogP contribution is 2.38. The van der Waals surface area contributed by atoms with Crippen molar-refractivity contribution in [3.63, 3.8) is 0 Å². The molecule has 0 spiro atoms. The number of rotatable bonds is 4. The fourth-order valence-corrected chi connectivity index (χ4v) is 2.07. The minimum atomic E-state index is -2.81. The summed E-state index contributed by atoms with van der Waals surface area (Å²) in [6.45, 7) is 2.92. The fraction of sp³-hybridized carbons (Fsp3) is 0.500. The first-order valence-electron chi connectivity index (χ1n) is 5.32. The second kappa shape index (κ2) is 5.29. The lowest BCUT2D eigenvalue weighted by molar-refractivity contribution is -0.0221. The summed E-state index contributed by atoms with van der Waals surface area (Å²) < 4.78 is 26.5. The van der Waals surface area contributed by atoms with Crippen LogP contribution in [0.3, 0.4) is 0 Å². The van der Waals surface area contributed by atoms with E-state index in [1.54, 1.807) is 12.1 Å². The van der Waals surface area contributed by atoms with Crippen LogP contribution in [0.2, 0.25) is 5.02 Å². The standard InChI is InChI=1S/C12H16ClF2NO/c1-7(8(2)17)12(16,11(14)15)9-5-3-4-6-10(9)13/h3-8,11,17H,16H2,1-2H3/t7-,8?,12-/m1/s1. The van der Waals surface area contributed by atoms with E-state index in [1.165, 1.54) is 26.0 Å². The number of benzene rings is 1. The number of aliphatic hydroxyl groups excluding tert-OH is 1. The van der Waals surface area contributed by atoms with Gasteiger partial charge in [-0.25, -0.2) is 8.78 Å². The predicted octanol–water partition coefficient (Wildman–Crippen LogP) is 2.78. The fourth-order valence-electron chi connectivity index (χ4n) is 1.77. The Balaban J connectivity index is 3.31. The van der Waals surface area contributed by atoms with Gasteiger partial charge in [0.1, 0.15) is 5.54 Å². The maximum absolute atomic E-state index is 13.3. The van der Waals surface area contributed by atoms with Crippen molar-refractivity contribution < 1.29 is 13.9 Å². The number of hydrogen-bond donors (Lipinski definition) is 2. The highest BCUT2D eigenvalue weighted by atomic mass is 35.5. The van der Waals surface area contributed by atoms with E-state index in [-0.39, 0.29) is 10.6 Å². The number of alkyl halides is 2. The van der Waals surface area contributed by atoms with Crippen LogP contribution in [0.1, 0.15) is 19.4 Å². The first kappa shape index (κ1) is 14.4. The molecule has 5 heteroatoms. The van der Waals surface area contributed by atoms with Gasteiger partial charge in [0.15, 0.2) is 0 Å². The van der Waals surface area contributed by atoms with Gasteiger partial charge in [0.05, 0.1) is 6.10 Å². The maximum atomic E-state index is 13.3. The molecule has 0 amide bonds. The Morgan fingerprint density at radius 3 is 2.24 bits per heavy atom. The smallest absolute Gasteiger partial charge is 0.260 e. The highest BCUT2D eigenvalue weighted by molar-refractivity contribution is 6.31. The van der Waals surface area contributed by atoms with Gasteiger partial charge in [-0.15, -0.1) is 0 Å². The van der Waals surface area contributed by atoms with Crippen LogP contribution in [-0.4, -0.2) is 17.6 Å². The van der Waals surface area contributed by atoms with Crippen LogP contribution in [0, 0.1) is 5.92 Å². The van der Waals surface area contributed by atoms with Crippen LogP contribution < -0.4 is 5.73 Å². The number of nitrogens with two attached hydrogens (primary N) is 1. The zero-order chi connectivity index (χ0) is 13.2. The first-order valence-corrected chi connectivity index (χ1v) is 5.69. The molecule has 0 aliphatic rings. The Labute approximate surface area is 104 Å². The summed E-state index contributed by atoms with van der Waals surface area (Å²) in [7, 11) is 0. The molecule has 0 saturated carbocycles. The molecule has 0 saturated heterocycles. The molecular formula is C12H16ClF2NO. The summed E-state index contributed by atoms with van der Waals surface area (Å²) in [6, 6.07) is 6.22. The van der Waals surface area contributed by atoms with Crippen LogP contribution >= 0.6 is 11.6 Å². The summed E-state index contributed by atoms with van der Waals surface area (Å²) in [5.74, 6) is -0.817. The average molecular weight is 264 g/mol. The maximum Gasteiger partial charge on any atom is 0.260 e. The van der Waals surface area contributed by atoms with Crippen LogP contribution in [0.5, 0.6) is 0 Å².